The molecule has 1 rings (SSSR count). The first-order valence-corrected chi connectivity index (χ1v) is 6.83. The number of nitrogens with one attached hydrogen (secondary N) is 2. The molecule has 0 spiro atoms. The van der Waals surface area contributed by atoms with Crippen LogP contribution in [0.3, 0.4) is 0 Å². The zero-order valence-corrected chi connectivity index (χ0v) is 12.8. The van der Waals surface area contributed by atoms with Crippen molar-refractivity contribution in [1.29, 1.82) is 0 Å². The molecule has 0 aliphatic heterocycles. The highest BCUT2D eigenvalue weighted by molar-refractivity contribution is 5.91. The highest BCUT2D eigenvalue weighted by Gasteiger charge is 2.32. The molecule has 11 heteroatoms. The van der Waals surface area contributed by atoms with E-state index in [-0.39, 0.29) is 24.2 Å². The summed E-state index contributed by atoms with van der Waals surface area (Å²) < 4.78 is 77.5. The van der Waals surface area contributed by atoms with E-state index in [1.54, 1.807) is 0 Å². The van der Waals surface area contributed by atoms with Gasteiger partial charge in [0.2, 0.25) is 5.91 Å². The van der Waals surface area contributed by atoms with E-state index in [2.05, 4.69) is 10.1 Å². The molecule has 0 atom stereocenters. The summed E-state index contributed by atoms with van der Waals surface area (Å²) in [7, 11) is 0. The summed E-state index contributed by atoms with van der Waals surface area (Å²) in [6, 6.07) is 3.22. The lowest BCUT2D eigenvalue weighted by Gasteiger charge is -2.13. The van der Waals surface area contributed by atoms with Crippen molar-refractivity contribution in [3.05, 3.63) is 29.3 Å². The number of amides is 2. The van der Waals surface area contributed by atoms with Crippen molar-refractivity contribution >= 4 is 17.7 Å². The van der Waals surface area contributed by atoms with Crippen LogP contribution in [0.2, 0.25) is 0 Å². The Labute approximate surface area is 138 Å². The molecule has 2 N–H and O–H groups in total. The van der Waals surface area contributed by atoms with Gasteiger partial charge in [-0.15, -0.1) is 0 Å². The van der Waals surface area contributed by atoms with Crippen molar-refractivity contribution in [2.45, 2.75) is 25.7 Å². The van der Waals surface area contributed by atoms with Crippen molar-refractivity contribution in [1.82, 2.24) is 5.32 Å². The fourth-order valence-electron chi connectivity index (χ4n) is 1.71. The second kappa shape index (κ2) is 8.08. The summed E-state index contributed by atoms with van der Waals surface area (Å²) in [5.41, 5.74) is -1.01. The smallest absolute Gasteiger partial charge is 0.422 e. The third-order valence-electron chi connectivity index (χ3n) is 2.82. The van der Waals surface area contributed by atoms with Gasteiger partial charge in [0.1, 0.15) is 0 Å². The van der Waals surface area contributed by atoms with Crippen LogP contribution in [0.15, 0.2) is 18.2 Å². The van der Waals surface area contributed by atoms with E-state index in [0.717, 1.165) is 6.07 Å². The standard InChI is InChI=1S/C14H14F6N2O3/c1-8-2-3-9(6-10(8)14(18,19)20)22-11(23)4-5-21-12(24)25-7-13(15,16)17/h2-3,6H,4-5,7H2,1H3,(H,21,24)(H,22,23). The minimum absolute atomic E-state index is 0.0143. The van der Waals surface area contributed by atoms with Gasteiger partial charge in [-0.2, -0.15) is 26.3 Å². The Morgan fingerprint density at radius 2 is 1.76 bits per heavy atom. The Morgan fingerprint density at radius 1 is 1.12 bits per heavy atom. The van der Waals surface area contributed by atoms with E-state index < -0.39 is 36.5 Å². The largest absolute Gasteiger partial charge is 0.440 e. The number of benzene rings is 1. The summed E-state index contributed by atoms with van der Waals surface area (Å²) >= 11 is 0. The molecule has 2 amide bonds. The Morgan fingerprint density at radius 3 is 2.32 bits per heavy atom. The lowest BCUT2D eigenvalue weighted by atomic mass is 10.1. The van der Waals surface area contributed by atoms with Crippen LogP contribution in [0, 0.1) is 6.92 Å². The number of carbonyl (C=O) groups is 2. The minimum atomic E-state index is -4.67. The van der Waals surface area contributed by atoms with Gasteiger partial charge in [-0.05, 0) is 24.6 Å². The summed E-state index contributed by atoms with van der Waals surface area (Å²) in [6.07, 6.45) is -11.0. The molecule has 0 saturated carbocycles. The van der Waals surface area contributed by atoms with Crippen LogP contribution < -0.4 is 10.6 Å². The molecule has 0 aliphatic carbocycles. The van der Waals surface area contributed by atoms with Crippen molar-refractivity contribution in [2.24, 2.45) is 0 Å². The van der Waals surface area contributed by atoms with Crippen LogP contribution in [-0.4, -0.2) is 31.3 Å². The van der Waals surface area contributed by atoms with Gasteiger partial charge in [0.05, 0.1) is 5.56 Å². The van der Waals surface area contributed by atoms with Gasteiger partial charge in [-0.3, -0.25) is 4.79 Å². The minimum Gasteiger partial charge on any atom is -0.440 e. The zero-order chi connectivity index (χ0) is 19.3. The SMILES string of the molecule is Cc1ccc(NC(=O)CCNC(=O)OCC(F)(F)F)cc1C(F)(F)F. The molecule has 25 heavy (non-hydrogen) atoms. The van der Waals surface area contributed by atoms with E-state index in [1.807, 2.05) is 5.32 Å². The predicted molar refractivity (Wildman–Crippen MR) is 74.8 cm³/mol. The topological polar surface area (TPSA) is 67.4 Å². The number of rotatable bonds is 5. The van der Waals surface area contributed by atoms with Crippen molar-refractivity contribution in [3.63, 3.8) is 0 Å². The zero-order valence-electron chi connectivity index (χ0n) is 12.8. The molecule has 5 nitrogen and oxygen atoms in total. The van der Waals surface area contributed by atoms with Crippen LogP contribution in [-0.2, 0) is 15.7 Å². The number of hydrogen-bond acceptors (Lipinski definition) is 3. The van der Waals surface area contributed by atoms with Gasteiger partial charge in [0.25, 0.3) is 0 Å². The molecule has 0 fully saturated rings. The van der Waals surface area contributed by atoms with Gasteiger partial charge < -0.3 is 15.4 Å². The third kappa shape index (κ3) is 7.77. The van der Waals surface area contributed by atoms with E-state index in [4.69, 9.17) is 0 Å². The van der Waals surface area contributed by atoms with Crippen LogP contribution in [0.4, 0.5) is 36.8 Å². The van der Waals surface area contributed by atoms with Gasteiger partial charge in [0, 0.05) is 18.7 Å². The maximum absolute atomic E-state index is 12.8. The fraction of sp³-hybridized carbons (Fsp3) is 0.429. The molecular weight excluding hydrogens is 358 g/mol. The van der Waals surface area contributed by atoms with Gasteiger partial charge in [-0.1, -0.05) is 6.07 Å². The van der Waals surface area contributed by atoms with Crippen molar-refractivity contribution in [3.8, 4) is 0 Å². The Bertz CT molecular complexity index is 628. The maximum Gasteiger partial charge on any atom is 0.422 e. The Kier molecular flexibility index (Phi) is 6.65. The van der Waals surface area contributed by atoms with Crippen molar-refractivity contribution < 1.29 is 40.7 Å². The molecule has 140 valence electrons. The average molecular weight is 372 g/mol. The molecule has 0 bridgehead atoms. The molecule has 1 aromatic carbocycles. The maximum atomic E-state index is 12.8. The first kappa shape index (κ1) is 20.6. The number of alkyl halides is 6. The molecule has 0 aliphatic rings. The number of aryl methyl sites for hydroxylation is 1. The Hall–Kier alpha value is -2.46. The fourth-order valence-corrected chi connectivity index (χ4v) is 1.71. The monoisotopic (exact) mass is 372 g/mol. The second-order valence-electron chi connectivity index (χ2n) is 4.94. The first-order valence-electron chi connectivity index (χ1n) is 6.83. The number of halogens is 6. The number of hydrogen-bond donors (Lipinski definition) is 2. The molecule has 0 saturated heterocycles. The summed E-state index contributed by atoms with van der Waals surface area (Å²) in [4.78, 5) is 22.5. The van der Waals surface area contributed by atoms with E-state index in [0.29, 0.717) is 0 Å². The van der Waals surface area contributed by atoms with Gasteiger partial charge in [0.15, 0.2) is 6.61 Å². The van der Waals surface area contributed by atoms with Crippen LogP contribution in [0.1, 0.15) is 17.5 Å². The molecule has 0 heterocycles. The summed E-state index contributed by atoms with van der Waals surface area (Å²) in [5.74, 6) is -0.729. The van der Waals surface area contributed by atoms with Crippen LogP contribution >= 0.6 is 0 Å². The molecule has 0 unspecified atom stereocenters. The van der Waals surface area contributed by atoms with E-state index in [9.17, 15) is 35.9 Å². The average Bonchev–Trinajstić information content (AvgIpc) is 2.45. The third-order valence-corrected chi connectivity index (χ3v) is 2.82. The van der Waals surface area contributed by atoms with Crippen LogP contribution in [0.5, 0.6) is 0 Å². The molecule has 1 aromatic rings. The number of carbonyl (C=O) groups excluding carboxylic acids is 2. The first-order chi connectivity index (χ1) is 11.4. The van der Waals surface area contributed by atoms with Crippen molar-refractivity contribution in [2.75, 3.05) is 18.5 Å². The highest BCUT2D eigenvalue weighted by atomic mass is 19.4. The number of ether oxygens (including phenoxy) is 1. The van der Waals surface area contributed by atoms with E-state index >= 15 is 0 Å². The second-order valence-corrected chi connectivity index (χ2v) is 4.94. The summed E-state index contributed by atoms with van der Waals surface area (Å²) in [6.45, 7) is -0.847. The van der Waals surface area contributed by atoms with Crippen LogP contribution in [0.25, 0.3) is 0 Å². The van der Waals surface area contributed by atoms with E-state index in [1.165, 1.54) is 19.1 Å². The van der Waals surface area contributed by atoms with Gasteiger partial charge in [-0.25, -0.2) is 4.79 Å². The molecule has 0 aromatic heterocycles. The summed E-state index contributed by atoms with van der Waals surface area (Å²) in [5, 5.41) is 4.12. The lowest BCUT2D eigenvalue weighted by Crippen LogP contribution is -2.31. The highest BCUT2D eigenvalue weighted by Crippen LogP contribution is 2.33. The number of alkyl carbamates (subject to hydrolysis) is 1. The number of anilines is 1. The normalized spacial score (nSPS) is 11.8. The van der Waals surface area contributed by atoms with Gasteiger partial charge >= 0.3 is 18.4 Å². The predicted octanol–water partition coefficient (Wildman–Crippen LogP) is 3.63. The Balaban J connectivity index is 2.46. The molecule has 0 radical (unpaired) electrons. The molecular formula is C14H14F6N2O3. The lowest BCUT2D eigenvalue weighted by molar-refractivity contribution is -0.160. The quantitative estimate of drug-likeness (QED) is 0.776.